The van der Waals surface area contributed by atoms with Gasteiger partial charge in [0.25, 0.3) is 0 Å². The van der Waals surface area contributed by atoms with Crippen molar-refractivity contribution >= 4 is 5.69 Å². The molecule has 1 aliphatic rings. The van der Waals surface area contributed by atoms with E-state index in [1.807, 2.05) is 12.1 Å². The zero-order valence-corrected chi connectivity index (χ0v) is 10.4. The average Bonchev–Trinajstić information content (AvgIpc) is 3.18. The van der Waals surface area contributed by atoms with Crippen molar-refractivity contribution in [3.05, 3.63) is 24.0 Å². The predicted octanol–water partition coefficient (Wildman–Crippen LogP) is 1.40. The highest BCUT2D eigenvalue weighted by molar-refractivity contribution is 5.45. The summed E-state index contributed by atoms with van der Waals surface area (Å²) < 4.78 is 5.62. The Morgan fingerprint density at radius 2 is 2.35 bits per heavy atom. The molecule has 1 aromatic rings. The Balaban J connectivity index is 1.74. The summed E-state index contributed by atoms with van der Waals surface area (Å²) in [7, 11) is 2.07. The normalized spacial score (nSPS) is 14.9. The largest absolute Gasteiger partial charge is 0.379 e. The molecule has 2 N–H and O–H groups in total. The summed E-state index contributed by atoms with van der Waals surface area (Å²) in [6, 6.07) is 4.03. The Hall–Kier alpha value is -1.13. The van der Waals surface area contributed by atoms with Gasteiger partial charge in [-0.3, -0.25) is 4.98 Å². The van der Waals surface area contributed by atoms with Crippen LogP contribution in [0.15, 0.2) is 18.3 Å². The van der Waals surface area contributed by atoms with E-state index in [9.17, 15) is 0 Å². The van der Waals surface area contributed by atoms with Gasteiger partial charge in [-0.2, -0.15) is 0 Å². The van der Waals surface area contributed by atoms with Gasteiger partial charge in [-0.1, -0.05) is 0 Å². The minimum absolute atomic E-state index is 0.486. The van der Waals surface area contributed by atoms with Crippen molar-refractivity contribution in [2.75, 3.05) is 31.7 Å². The van der Waals surface area contributed by atoms with Crippen molar-refractivity contribution in [2.24, 2.45) is 11.7 Å². The van der Waals surface area contributed by atoms with Gasteiger partial charge in [-0.05, 0) is 30.9 Å². The molecule has 1 aromatic heterocycles. The van der Waals surface area contributed by atoms with E-state index in [4.69, 9.17) is 10.5 Å². The summed E-state index contributed by atoms with van der Waals surface area (Å²) in [5.74, 6) is 0.838. The first-order valence-corrected chi connectivity index (χ1v) is 6.23. The molecule has 0 atom stereocenters. The van der Waals surface area contributed by atoms with Crippen LogP contribution in [0.5, 0.6) is 0 Å². The second-order valence-corrected chi connectivity index (χ2v) is 4.65. The summed E-state index contributed by atoms with van der Waals surface area (Å²) in [5, 5.41) is 0. The smallest absolute Gasteiger partial charge is 0.0641 e. The van der Waals surface area contributed by atoms with Crippen LogP contribution < -0.4 is 10.6 Å². The molecule has 0 aromatic carbocycles. The molecular weight excluding hydrogens is 214 g/mol. The number of pyridine rings is 1. The van der Waals surface area contributed by atoms with Gasteiger partial charge in [-0.25, -0.2) is 0 Å². The zero-order chi connectivity index (χ0) is 12.1. The SMILES string of the molecule is CN(CCOCC1CC1)c1ccnc(CN)c1. The predicted molar refractivity (Wildman–Crippen MR) is 68.9 cm³/mol. The fourth-order valence-corrected chi connectivity index (χ4v) is 1.68. The maximum absolute atomic E-state index is 5.62. The van der Waals surface area contributed by atoms with Gasteiger partial charge >= 0.3 is 0 Å². The Morgan fingerprint density at radius 3 is 3.06 bits per heavy atom. The Bertz CT molecular complexity index is 352. The first kappa shape index (κ1) is 12.3. The lowest BCUT2D eigenvalue weighted by Gasteiger charge is -2.19. The molecule has 0 spiro atoms. The van der Waals surface area contributed by atoms with E-state index < -0.39 is 0 Å². The van der Waals surface area contributed by atoms with Crippen molar-refractivity contribution in [2.45, 2.75) is 19.4 Å². The third-order valence-electron chi connectivity index (χ3n) is 3.07. The molecule has 0 aliphatic heterocycles. The lowest BCUT2D eigenvalue weighted by molar-refractivity contribution is 0.131. The molecule has 0 amide bonds. The third-order valence-corrected chi connectivity index (χ3v) is 3.07. The first-order chi connectivity index (χ1) is 8.29. The minimum Gasteiger partial charge on any atom is -0.379 e. The van der Waals surface area contributed by atoms with Crippen LogP contribution >= 0.6 is 0 Å². The molecule has 1 heterocycles. The second kappa shape index (κ2) is 5.98. The van der Waals surface area contributed by atoms with Crippen molar-refractivity contribution in [1.29, 1.82) is 0 Å². The van der Waals surface area contributed by atoms with Crippen LogP contribution in [0.1, 0.15) is 18.5 Å². The molecular formula is C13H21N3O. The topological polar surface area (TPSA) is 51.4 Å². The van der Waals surface area contributed by atoms with Crippen molar-refractivity contribution in [3.8, 4) is 0 Å². The zero-order valence-electron chi connectivity index (χ0n) is 10.4. The quantitative estimate of drug-likeness (QED) is 0.726. The lowest BCUT2D eigenvalue weighted by atomic mass is 10.3. The van der Waals surface area contributed by atoms with Crippen LogP contribution in [0.4, 0.5) is 5.69 Å². The number of likely N-dealkylation sites (N-methyl/N-ethyl adjacent to an activating group) is 1. The molecule has 0 unspecified atom stereocenters. The average molecular weight is 235 g/mol. The van der Waals surface area contributed by atoms with E-state index in [0.717, 1.165) is 37.1 Å². The van der Waals surface area contributed by atoms with Gasteiger partial charge in [0.15, 0.2) is 0 Å². The molecule has 0 radical (unpaired) electrons. The van der Waals surface area contributed by atoms with Crippen LogP contribution in [0.25, 0.3) is 0 Å². The maximum Gasteiger partial charge on any atom is 0.0641 e. The number of aromatic nitrogens is 1. The van der Waals surface area contributed by atoms with E-state index >= 15 is 0 Å². The summed E-state index contributed by atoms with van der Waals surface area (Å²) in [6.07, 6.45) is 4.50. The minimum atomic E-state index is 0.486. The summed E-state index contributed by atoms with van der Waals surface area (Å²) in [5.41, 5.74) is 7.65. The van der Waals surface area contributed by atoms with Gasteiger partial charge in [-0.15, -0.1) is 0 Å². The van der Waals surface area contributed by atoms with Crippen LogP contribution in [0.2, 0.25) is 0 Å². The van der Waals surface area contributed by atoms with E-state index in [0.29, 0.717) is 6.54 Å². The molecule has 17 heavy (non-hydrogen) atoms. The maximum atomic E-state index is 5.62. The molecule has 2 rings (SSSR count). The first-order valence-electron chi connectivity index (χ1n) is 6.23. The molecule has 1 saturated carbocycles. The molecule has 0 bridgehead atoms. The van der Waals surface area contributed by atoms with E-state index in [2.05, 4.69) is 16.9 Å². The number of anilines is 1. The molecule has 94 valence electrons. The Labute approximate surface area is 103 Å². The van der Waals surface area contributed by atoms with Crippen LogP contribution in [-0.2, 0) is 11.3 Å². The van der Waals surface area contributed by atoms with Crippen LogP contribution in [-0.4, -0.2) is 31.8 Å². The highest BCUT2D eigenvalue weighted by atomic mass is 16.5. The monoisotopic (exact) mass is 235 g/mol. The molecule has 1 fully saturated rings. The van der Waals surface area contributed by atoms with Crippen LogP contribution in [0.3, 0.4) is 0 Å². The van der Waals surface area contributed by atoms with Crippen LogP contribution in [0, 0.1) is 5.92 Å². The number of nitrogens with zero attached hydrogens (tertiary/aromatic N) is 2. The van der Waals surface area contributed by atoms with E-state index in [1.54, 1.807) is 6.20 Å². The number of ether oxygens (including phenoxy) is 1. The number of hydrogen-bond acceptors (Lipinski definition) is 4. The number of rotatable bonds is 7. The van der Waals surface area contributed by atoms with E-state index in [-0.39, 0.29) is 0 Å². The van der Waals surface area contributed by atoms with Gasteiger partial charge in [0.1, 0.15) is 0 Å². The summed E-state index contributed by atoms with van der Waals surface area (Å²) in [6.45, 7) is 3.10. The molecule has 4 heteroatoms. The Kier molecular flexibility index (Phi) is 4.34. The molecule has 0 saturated heterocycles. The molecule has 1 aliphatic carbocycles. The van der Waals surface area contributed by atoms with Crippen molar-refractivity contribution in [1.82, 2.24) is 4.98 Å². The van der Waals surface area contributed by atoms with Gasteiger partial charge in [0, 0.05) is 38.6 Å². The third kappa shape index (κ3) is 3.98. The lowest BCUT2D eigenvalue weighted by Crippen LogP contribution is -2.23. The Morgan fingerprint density at radius 1 is 1.53 bits per heavy atom. The number of nitrogens with two attached hydrogens (primary N) is 1. The van der Waals surface area contributed by atoms with Gasteiger partial charge < -0.3 is 15.4 Å². The van der Waals surface area contributed by atoms with Crippen molar-refractivity contribution < 1.29 is 4.74 Å². The molecule has 4 nitrogen and oxygen atoms in total. The highest BCUT2D eigenvalue weighted by Gasteiger charge is 2.20. The standard InChI is InChI=1S/C13H21N3O/c1-16(6-7-17-10-11-2-3-11)13-4-5-15-12(8-13)9-14/h4-5,8,11H,2-3,6-7,9-10,14H2,1H3. The highest BCUT2D eigenvalue weighted by Crippen LogP contribution is 2.28. The fraction of sp³-hybridized carbons (Fsp3) is 0.615. The summed E-state index contributed by atoms with van der Waals surface area (Å²) >= 11 is 0. The fourth-order valence-electron chi connectivity index (χ4n) is 1.68. The second-order valence-electron chi connectivity index (χ2n) is 4.65. The van der Waals surface area contributed by atoms with Gasteiger partial charge in [0.2, 0.25) is 0 Å². The van der Waals surface area contributed by atoms with Gasteiger partial charge in [0.05, 0.1) is 12.3 Å². The van der Waals surface area contributed by atoms with E-state index in [1.165, 1.54) is 12.8 Å². The van der Waals surface area contributed by atoms with Crippen molar-refractivity contribution in [3.63, 3.8) is 0 Å². The summed E-state index contributed by atoms with van der Waals surface area (Å²) in [4.78, 5) is 6.36. The number of hydrogen-bond donors (Lipinski definition) is 1.